The van der Waals surface area contributed by atoms with Gasteiger partial charge in [0.25, 0.3) is 5.91 Å². The number of nitrogens with one attached hydrogen (secondary N) is 1. The summed E-state index contributed by atoms with van der Waals surface area (Å²) in [4.78, 5) is 32.9. The van der Waals surface area contributed by atoms with E-state index < -0.39 is 11.4 Å². The van der Waals surface area contributed by atoms with E-state index in [4.69, 9.17) is 10.5 Å². The Morgan fingerprint density at radius 3 is 2.60 bits per heavy atom. The molecule has 0 atom stereocenters. The van der Waals surface area contributed by atoms with Crippen molar-refractivity contribution in [2.75, 3.05) is 7.11 Å². The van der Waals surface area contributed by atoms with Gasteiger partial charge in [0.05, 0.1) is 7.11 Å². The highest BCUT2D eigenvalue weighted by Gasteiger charge is 2.41. The summed E-state index contributed by atoms with van der Waals surface area (Å²) in [5, 5.41) is 2.83. The van der Waals surface area contributed by atoms with E-state index >= 15 is 0 Å². The van der Waals surface area contributed by atoms with Crippen molar-refractivity contribution in [2.45, 2.75) is 31.2 Å². The van der Waals surface area contributed by atoms with Crippen LogP contribution in [0.15, 0.2) is 36.7 Å². The molecule has 1 heterocycles. The predicted octanol–water partition coefficient (Wildman–Crippen LogP) is 1.68. The SMILES string of the molecule is COc1nccnc1-c1cccc(C(=O)NC2(C(N)=O)CCCC2)c1. The average Bonchev–Trinajstić information content (AvgIpc) is 3.11. The number of methoxy groups -OCH3 is 1. The normalized spacial score (nSPS) is 15.6. The van der Waals surface area contributed by atoms with Crippen LogP contribution in [0, 0.1) is 0 Å². The van der Waals surface area contributed by atoms with Gasteiger partial charge < -0.3 is 15.8 Å². The molecule has 1 aromatic carbocycles. The van der Waals surface area contributed by atoms with E-state index in [1.54, 1.807) is 24.4 Å². The molecule has 1 aliphatic carbocycles. The van der Waals surface area contributed by atoms with Gasteiger partial charge in [-0.25, -0.2) is 9.97 Å². The minimum absolute atomic E-state index is 0.328. The number of rotatable bonds is 5. The third kappa shape index (κ3) is 3.31. The second-order valence-electron chi connectivity index (χ2n) is 6.10. The Kier molecular flexibility index (Phi) is 4.65. The number of benzene rings is 1. The molecular formula is C18H20N4O3. The van der Waals surface area contributed by atoms with Gasteiger partial charge in [-0.1, -0.05) is 25.0 Å². The first-order chi connectivity index (χ1) is 12.1. The second-order valence-corrected chi connectivity index (χ2v) is 6.10. The first-order valence-electron chi connectivity index (χ1n) is 8.13. The van der Waals surface area contributed by atoms with Crippen molar-refractivity contribution in [1.29, 1.82) is 0 Å². The van der Waals surface area contributed by atoms with Crippen LogP contribution in [0.5, 0.6) is 5.88 Å². The number of primary amides is 1. The summed E-state index contributed by atoms with van der Waals surface area (Å²) in [5.41, 5.74) is 6.26. The second kappa shape index (κ2) is 6.88. The van der Waals surface area contributed by atoms with Crippen LogP contribution in [0.25, 0.3) is 11.3 Å². The van der Waals surface area contributed by atoms with Crippen molar-refractivity contribution < 1.29 is 14.3 Å². The quantitative estimate of drug-likeness (QED) is 0.861. The average molecular weight is 340 g/mol. The first kappa shape index (κ1) is 16.9. The van der Waals surface area contributed by atoms with Gasteiger partial charge in [-0.15, -0.1) is 0 Å². The van der Waals surface area contributed by atoms with E-state index in [1.165, 1.54) is 13.3 Å². The molecule has 25 heavy (non-hydrogen) atoms. The molecule has 130 valence electrons. The lowest BCUT2D eigenvalue weighted by molar-refractivity contribution is -0.123. The first-order valence-corrected chi connectivity index (χ1v) is 8.13. The van der Waals surface area contributed by atoms with E-state index in [0.717, 1.165) is 12.8 Å². The summed E-state index contributed by atoms with van der Waals surface area (Å²) >= 11 is 0. The van der Waals surface area contributed by atoms with Crippen molar-refractivity contribution in [3.63, 3.8) is 0 Å². The number of carbonyl (C=O) groups excluding carboxylic acids is 2. The third-order valence-electron chi connectivity index (χ3n) is 4.54. The van der Waals surface area contributed by atoms with E-state index in [2.05, 4.69) is 15.3 Å². The van der Waals surface area contributed by atoms with E-state index in [1.807, 2.05) is 6.07 Å². The number of hydrogen-bond acceptors (Lipinski definition) is 5. The van der Waals surface area contributed by atoms with Gasteiger partial charge in [-0.3, -0.25) is 9.59 Å². The largest absolute Gasteiger partial charge is 0.479 e. The molecule has 7 nitrogen and oxygen atoms in total. The third-order valence-corrected chi connectivity index (χ3v) is 4.54. The summed E-state index contributed by atoms with van der Waals surface area (Å²) in [5.74, 6) is -0.431. The molecule has 0 saturated heterocycles. The molecule has 3 rings (SSSR count). The Bertz CT molecular complexity index is 800. The highest BCUT2D eigenvalue weighted by Crippen LogP contribution is 2.30. The van der Waals surface area contributed by atoms with Gasteiger partial charge in [0.15, 0.2) is 0 Å². The summed E-state index contributed by atoms with van der Waals surface area (Å²) in [7, 11) is 1.51. The molecule has 3 N–H and O–H groups in total. The summed E-state index contributed by atoms with van der Waals surface area (Å²) in [6.45, 7) is 0. The number of nitrogens with zero attached hydrogens (tertiary/aromatic N) is 2. The zero-order valence-electron chi connectivity index (χ0n) is 14.0. The number of ether oxygens (including phenoxy) is 1. The lowest BCUT2D eigenvalue weighted by Crippen LogP contribution is -2.55. The molecule has 0 aliphatic heterocycles. The highest BCUT2D eigenvalue weighted by atomic mass is 16.5. The number of nitrogens with two attached hydrogens (primary N) is 1. The Labute approximate surface area is 145 Å². The van der Waals surface area contributed by atoms with Crippen molar-refractivity contribution >= 4 is 11.8 Å². The van der Waals surface area contributed by atoms with Gasteiger partial charge in [0.1, 0.15) is 11.2 Å². The van der Waals surface area contributed by atoms with Crippen molar-refractivity contribution in [2.24, 2.45) is 5.73 Å². The molecule has 1 aromatic heterocycles. The fraction of sp³-hybridized carbons (Fsp3) is 0.333. The van der Waals surface area contributed by atoms with Crippen LogP contribution in [0.1, 0.15) is 36.0 Å². The van der Waals surface area contributed by atoms with Crippen LogP contribution in [0.3, 0.4) is 0 Å². The van der Waals surface area contributed by atoms with Crippen molar-refractivity contribution in [3.8, 4) is 17.1 Å². The van der Waals surface area contributed by atoms with E-state index in [9.17, 15) is 9.59 Å². The highest BCUT2D eigenvalue weighted by molar-refractivity contribution is 5.99. The maximum atomic E-state index is 12.7. The topological polar surface area (TPSA) is 107 Å². The maximum Gasteiger partial charge on any atom is 0.252 e. The Morgan fingerprint density at radius 1 is 1.20 bits per heavy atom. The van der Waals surface area contributed by atoms with E-state index in [0.29, 0.717) is 35.5 Å². The van der Waals surface area contributed by atoms with Crippen molar-refractivity contribution in [3.05, 3.63) is 42.2 Å². The Balaban J connectivity index is 1.89. The molecule has 0 unspecified atom stereocenters. The molecule has 2 aromatic rings. The van der Waals surface area contributed by atoms with Crippen LogP contribution < -0.4 is 15.8 Å². The number of hydrogen-bond donors (Lipinski definition) is 2. The molecule has 2 amide bonds. The summed E-state index contributed by atoms with van der Waals surface area (Å²) < 4.78 is 5.22. The molecule has 7 heteroatoms. The van der Waals surface area contributed by atoms with E-state index in [-0.39, 0.29) is 5.91 Å². The van der Waals surface area contributed by atoms with Gasteiger partial charge in [0, 0.05) is 23.5 Å². The monoisotopic (exact) mass is 340 g/mol. The van der Waals surface area contributed by atoms with Crippen LogP contribution in [-0.2, 0) is 4.79 Å². The van der Waals surface area contributed by atoms with Crippen LogP contribution >= 0.6 is 0 Å². The zero-order valence-corrected chi connectivity index (χ0v) is 14.0. The minimum Gasteiger partial charge on any atom is -0.479 e. The maximum absolute atomic E-state index is 12.7. The van der Waals surface area contributed by atoms with Crippen LogP contribution in [-0.4, -0.2) is 34.4 Å². The molecular weight excluding hydrogens is 320 g/mol. The fourth-order valence-corrected chi connectivity index (χ4v) is 3.18. The Hall–Kier alpha value is -2.96. The molecule has 0 bridgehead atoms. The standard InChI is InChI=1S/C18H20N4O3/c1-25-16-14(20-9-10-21-16)12-5-4-6-13(11-12)15(23)22-18(17(19)24)7-2-3-8-18/h4-6,9-11H,2-3,7-8H2,1H3,(H2,19,24)(H,22,23). The summed E-state index contributed by atoms with van der Waals surface area (Å²) in [6, 6.07) is 6.96. The smallest absolute Gasteiger partial charge is 0.252 e. The van der Waals surface area contributed by atoms with Crippen molar-refractivity contribution in [1.82, 2.24) is 15.3 Å². The lowest BCUT2D eigenvalue weighted by atomic mass is 9.96. The van der Waals surface area contributed by atoms with Gasteiger partial charge in [0.2, 0.25) is 11.8 Å². The predicted molar refractivity (Wildman–Crippen MR) is 91.9 cm³/mol. The molecule has 1 saturated carbocycles. The van der Waals surface area contributed by atoms with Gasteiger partial charge in [-0.2, -0.15) is 0 Å². The minimum atomic E-state index is -0.947. The number of amides is 2. The number of aromatic nitrogens is 2. The zero-order chi connectivity index (χ0) is 17.9. The lowest BCUT2D eigenvalue weighted by Gasteiger charge is -2.26. The van der Waals surface area contributed by atoms with Crippen LogP contribution in [0.4, 0.5) is 0 Å². The Morgan fingerprint density at radius 2 is 1.92 bits per heavy atom. The molecule has 0 spiro atoms. The van der Waals surface area contributed by atoms with Gasteiger partial charge >= 0.3 is 0 Å². The fourth-order valence-electron chi connectivity index (χ4n) is 3.18. The van der Waals surface area contributed by atoms with Crippen LogP contribution in [0.2, 0.25) is 0 Å². The summed E-state index contributed by atoms with van der Waals surface area (Å²) in [6.07, 6.45) is 6.00. The molecule has 1 aliphatic rings. The number of carbonyl (C=O) groups is 2. The van der Waals surface area contributed by atoms with Gasteiger partial charge in [-0.05, 0) is 25.0 Å². The molecule has 0 radical (unpaired) electrons. The molecule has 1 fully saturated rings.